The van der Waals surface area contributed by atoms with Crippen LogP contribution in [-0.4, -0.2) is 44.1 Å². The van der Waals surface area contributed by atoms with Gasteiger partial charge < -0.3 is 20.7 Å². The number of nitrogens with zero attached hydrogens (tertiary/aromatic N) is 1. The van der Waals surface area contributed by atoms with Crippen LogP contribution in [0.4, 0.5) is 11.4 Å². The summed E-state index contributed by atoms with van der Waals surface area (Å²) in [6.45, 7) is 1.88. The summed E-state index contributed by atoms with van der Waals surface area (Å²) in [6.07, 6.45) is 1.39. The number of carbonyl (C=O) groups excluding carboxylic acids is 2. The number of para-hydroxylation sites is 3. The minimum Gasteiger partial charge on any atom is -0.496 e. The number of amides is 2. The molecule has 160 valence electrons. The van der Waals surface area contributed by atoms with E-state index in [4.69, 9.17) is 4.74 Å². The molecule has 4 rings (SSSR count). The van der Waals surface area contributed by atoms with Gasteiger partial charge in [0.1, 0.15) is 17.8 Å². The van der Waals surface area contributed by atoms with Crippen molar-refractivity contribution in [1.29, 1.82) is 0 Å². The van der Waals surface area contributed by atoms with Crippen LogP contribution in [-0.2, 0) is 16.1 Å². The van der Waals surface area contributed by atoms with Crippen molar-refractivity contribution in [1.82, 2.24) is 10.6 Å². The second-order valence-electron chi connectivity index (χ2n) is 7.45. The van der Waals surface area contributed by atoms with E-state index in [2.05, 4.69) is 16.0 Å². The second-order valence-corrected chi connectivity index (χ2v) is 7.45. The van der Waals surface area contributed by atoms with E-state index in [-0.39, 0.29) is 30.8 Å². The van der Waals surface area contributed by atoms with E-state index in [1.54, 1.807) is 12.0 Å². The van der Waals surface area contributed by atoms with E-state index >= 15 is 0 Å². The largest absolute Gasteiger partial charge is 0.496 e. The minimum absolute atomic E-state index is 0. The summed E-state index contributed by atoms with van der Waals surface area (Å²) in [5.41, 5.74) is 1.88. The molecule has 1 fully saturated rings. The number of benzene rings is 2. The third-order valence-corrected chi connectivity index (χ3v) is 5.65. The molecule has 1 saturated heterocycles. The van der Waals surface area contributed by atoms with Crippen LogP contribution in [0.15, 0.2) is 48.5 Å². The van der Waals surface area contributed by atoms with Crippen LogP contribution in [0.2, 0.25) is 0 Å². The second kappa shape index (κ2) is 9.36. The highest BCUT2D eigenvalue weighted by Crippen LogP contribution is 2.38. The number of hydrogen-bond acceptors (Lipinski definition) is 5. The van der Waals surface area contributed by atoms with Gasteiger partial charge in [0.2, 0.25) is 5.91 Å². The quantitative estimate of drug-likeness (QED) is 0.678. The standard InChI is InChI=1S/C22H26N4O3.ClH/c1-29-19-9-5-2-6-16(19)14-24-20(27)15-26-18-8-4-3-7-17(18)25-22(21(26)28)10-12-23-13-11-22;/h2-9,23,25H,10-15H2,1H3,(H,24,27);1H. The van der Waals surface area contributed by atoms with Gasteiger partial charge in [-0.1, -0.05) is 30.3 Å². The van der Waals surface area contributed by atoms with Crippen molar-refractivity contribution < 1.29 is 14.3 Å². The van der Waals surface area contributed by atoms with Gasteiger partial charge in [-0.25, -0.2) is 0 Å². The molecule has 30 heavy (non-hydrogen) atoms. The van der Waals surface area contributed by atoms with Crippen LogP contribution in [0.5, 0.6) is 5.75 Å². The maximum atomic E-state index is 13.4. The molecule has 2 aromatic carbocycles. The third kappa shape index (κ3) is 4.22. The van der Waals surface area contributed by atoms with Crippen molar-refractivity contribution in [3.63, 3.8) is 0 Å². The molecule has 8 heteroatoms. The number of anilines is 2. The van der Waals surface area contributed by atoms with Crippen molar-refractivity contribution >= 4 is 35.6 Å². The predicted octanol–water partition coefficient (Wildman–Crippen LogP) is 2.31. The van der Waals surface area contributed by atoms with Gasteiger partial charge in [-0.15, -0.1) is 12.4 Å². The fourth-order valence-corrected chi connectivity index (χ4v) is 4.09. The van der Waals surface area contributed by atoms with E-state index in [1.165, 1.54) is 0 Å². The molecule has 2 heterocycles. The van der Waals surface area contributed by atoms with Crippen molar-refractivity contribution in [2.45, 2.75) is 24.9 Å². The highest BCUT2D eigenvalue weighted by atomic mass is 35.5. The molecule has 1 spiro atoms. The normalized spacial score (nSPS) is 16.8. The first kappa shape index (κ1) is 21.9. The molecule has 0 saturated carbocycles. The Balaban J connectivity index is 0.00000256. The molecule has 2 aliphatic rings. The maximum absolute atomic E-state index is 13.4. The first-order chi connectivity index (χ1) is 14.1. The number of hydrogen-bond donors (Lipinski definition) is 3. The van der Waals surface area contributed by atoms with Crippen molar-refractivity contribution in [2.24, 2.45) is 0 Å². The summed E-state index contributed by atoms with van der Waals surface area (Å²) < 4.78 is 5.34. The Hall–Kier alpha value is -2.77. The molecule has 0 atom stereocenters. The van der Waals surface area contributed by atoms with Crippen LogP contribution in [0.1, 0.15) is 18.4 Å². The summed E-state index contributed by atoms with van der Waals surface area (Å²) in [5.74, 6) is 0.486. The summed E-state index contributed by atoms with van der Waals surface area (Å²) in [6, 6.07) is 15.2. The Labute approximate surface area is 182 Å². The molecule has 0 unspecified atom stereocenters. The van der Waals surface area contributed by atoms with Crippen molar-refractivity contribution in [2.75, 3.05) is 37.0 Å². The molecule has 2 aliphatic heterocycles. The van der Waals surface area contributed by atoms with Crippen LogP contribution in [0.25, 0.3) is 0 Å². The molecular formula is C22H27ClN4O3. The van der Waals surface area contributed by atoms with Gasteiger partial charge >= 0.3 is 0 Å². The zero-order valence-corrected chi connectivity index (χ0v) is 17.8. The number of nitrogens with one attached hydrogen (secondary N) is 3. The van der Waals surface area contributed by atoms with Gasteiger partial charge in [-0.2, -0.15) is 0 Å². The molecule has 0 aliphatic carbocycles. The van der Waals surface area contributed by atoms with Gasteiger partial charge in [0.25, 0.3) is 5.91 Å². The third-order valence-electron chi connectivity index (χ3n) is 5.65. The molecule has 0 radical (unpaired) electrons. The highest BCUT2D eigenvalue weighted by Gasteiger charge is 2.46. The van der Waals surface area contributed by atoms with Gasteiger partial charge in [-0.3, -0.25) is 14.5 Å². The molecule has 0 aromatic heterocycles. The molecule has 3 N–H and O–H groups in total. The fourth-order valence-electron chi connectivity index (χ4n) is 4.09. The predicted molar refractivity (Wildman–Crippen MR) is 119 cm³/mol. The van der Waals surface area contributed by atoms with Gasteiger partial charge in [0, 0.05) is 12.1 Å². The smallest absolute Gasteiger partial charge is 0.253 e. The average Bonchev–Trinajstić information content (AvgIpc) is 2.76. The van der Waals surface area contributed by atoms with E-state index in [0.717, 1.165) is 35.8 Å². The molecule has 2 aromatic rings. The number of carbonyl (C=O) groups is 2. The molecule has 2 amide bonds. The highest BCUT2D eigenvalue weighted by molar-refractivity contribution is 6.10. The van der Waals surface area contributed by atoms with Crippen LogP contribution in [0.3, 0.4) is 0 Å². The van der Waals surface area contributed by atoms with Crippen LogP contribution >= 0.6 is 12.4 Å². The Bertz CT molecular complexity index is 915. The van der Waals surface area contributed by atoms with Crippen LogP contribution < -0.4 is 25.6 Å². The van der Waals surface area contributed by atoms with E-state index in [0.29, 0.717) is 19.4 Å². The summed E-state index contributed by atoms with van der Waals surface area (Å²) in [4.78, 5) is 27.8. The van der Waals surface area contributed by atoms with Crippen LogP contribution in [0, 0.1) is 0 Å². The SMILES string of the molecule is COc1ccccc1CNC(=O)CN1C(=O)C2(CCNCC2)Nc2ccccc21.Cl. The monoisotopic (exact) mass is 430 g/mol. The lowest BCUT2D eigenvalue weighted by Crippen LogP contribution is -2.62. The van der Waals surface area contributed by atoms with Gasteiger partial charge in [0.15, 0.2) is 0 Å². The molecule has 0 bridgehead atoms. The van der Waals surface area contributed by atoms with Crippen molar-refractivity contribution in [3.05, 3.63) is 54.1 Å². The summed E-state index contributed by atoms with van der Waals surface area (Å²) in [7, 11) is 1.61. The zero-order chi connectivity index (χ0) is 20.3. The number of rotatable bonds is 5. The lowest BCUT2D eigenvalue weighted by Gasteiger charge is -2.45. The molecule has 7 nitrogen and oxygen atoms in total. The zero-order valence-electron chi connectivity index (χ0n) is 16.9. The Morgan fingerprint density at radius 1 is 1.13 bits per heavy atom. The van der Waals surface area contributed by atoms with Crippen molar-refractivity contribution in [3.8, 4) is 5.75 Å². The topological polar surface area (TPSA) is 82.7 Å². The van der Waals surface area contributed by atoms with Gasteiger partial charge in [-0.05, 0) is 44.1 Å². The number of methoxy groups -OCH3 is 1. The number of halogens is 1. The van der Waals surface area contributed by atoms with E-state index < -0.39 is 5.54 Å². The number of ether oxygens (including phenoxy) is 1. The Kier molecular flexibility index (Phi) is 6.84. The maximum Gasteiger partial charge on any atom is 0.253 e. The Morgan fingerprint density at radius 3 is 2.60 bits per heavy atom. The molecular weight excluding hydrogens is 404 g/mol. The number of piperidine rings is 1. The summed E-state index contributed by atoms with van der Waals surface area (Å²) >= 11 is 0. The van der Waals surface area contributed by atoms with Gasteiger partial charge in [0.05, 0.1) is 18.5 Å². The fraction of sp³-hybridized carbons (Fsp3) is 0.364. The lowest BCUT2D eigenvalue weighted by atomic mass is 9.84. The Morgan fingerprint density at radius 2 is 1.83 bits per heavy atom. The minimum atomic E-state index is -0.650. The first-order valence-corrected chi connectivity index (χ1v) is 9.91. The van der Waals surface area contributed by atoms with E-state index in [1.807, 2.05) is 48.5 Å². The summed E-state index contributed by atoms with van der Waals surface area (Å²) in [5, 5.41) is 9.68. The first-order valence-electron chi connectivity index (χ1n) is 9.91. The van der Waals surface area contributed by atoms with E-state index in [9.17, 15) is 9.59 Å². The number of fused-ring (bicyclic) bond motifs is 1. The average molecular weight is 431 g/mol. The lowest BCUT2D eigenvalue weighted by molar-refractivity contribution is -0.127.